The quantitative estimate of drug-likeness (QED) is 0.797. The standard InChI is InChI=1S/C13H16FNO2/c1-17-13(16)12-6-5-10(8-15-12)9-3-2-4-11(14)7-9/h2-4,7,10,12,15H,5-6,8H2,1H3/t10-,12-/m0/s1. The number of carbonyl (C=O) groups is 1. The molecule has 0 amide bonds. The van der Waals surface area contributed by atoms with Crippen LogP contribution in [0.25, 0.3) is 0 Å². The van der Waals surface area contributed by atoms with Crippen LogP contribution in [0.5, 0.6) is 0 Å². The summed E-state index contributed by atoms with van der Waals surface area (Å²) in [5.74, 6) is -0.160. The summed E-state index contributed by atoms with van der Waals surface area (Å²) in [6.45, 7) is 0.684. The predicted octanol–water partition coefficient (Wildman–Crippen LogP) is 1.83. The third-order valence-corrected chi connectivity index (χ3v) is 3.22. The van der Waals surface area contributed by atoms with Gasteiger partial charge in [-0.05, 0) is 36.5 Å². The molecule has 1 aliphatic rings. The number of methoxy groups -OCH3 is 1. The first kappa shape index (κ1) is 12.0. The molecule has 0 bridgehead atoms. The summed E-state index contributed by atoms with van der Waals surface area (Å²) in [6.07, 6.45) is 1.60. The Balaban J connectivity index is 1.97. The number of halogens is 1. The number of ether oxygens (including phenoxy) is 1. The van der Waals surface area contributed by atoms with E-state index in [0.29, 0.717) is 6.54 Å². The van der Waals surface area contributed by atoms with Gasteiger partial charge in [-0.2, -0.15) is 0 Å². The van der Waals surface area contributed by atoms with Gasteiger partial charge in [0.05, 0.1) is 7.11 Å². The van der Waals surface area contributed by atoms with Crippen molar-refractivity contribution in [2.24, 2.45) is 0 Å². The van der Waals surface area contributed by atoms with Crippen LogP contribution in [0.2, 0.25) is 0 Å². The molecule has 1 N–H and O–H groups in total. The Kier molecular flexibility index (Phi) is 3.74. The summed E-state index contributed by atoms with van der Waals surface area (Å²) in [5.41, 5.74) is 0.987. The van der Waals surface area contributed by atoms with Gasteiger partial charge in [0, 0.05) is 6.54 Å². The first-order valence-corrected chi connectivity index (χ1v) is 5.77. The monoisotopic (exact) mass is 237 g/mol. The van der Waals surface area contributed by atoms with Crippen LogP contribution >= 0.6 is 0 Å². The van der Waals surface area contributed by atoms with Gasteiger partial charge >= 0.3 is 5.97 Å². The second kappa shape index (κ2) is 5.27. The second-order valence-electron chi connectivity index (χ2n) is 4.31. The third-order valence-electron chi connectivity index (χ3n) is 3.22. The summed E-state index contributed by atoms with van der Waals surface area (Å²) >= 11 is 0. The minimum Gasteiger partial charge on any atom is -0.468 e. The predicted molar refractivity (Wildman–Crippen MR) is 62.2 cm³/mol. The van der Waals surface area contributed by atoms with Crippen molar-refractivity contribution in [2.75, 3.05) is 13.7 Å². The lowest BCUT2D eigenvalue weighted by Gasteiger charge is -2.28. The number of hydrogen-bond acceptors (Lipinski definition) is 3. The van der Waals surface area contributed by atoms with Gasteiger partial charge in [-0.25, -0.2) is 4.39 Å². The molecule has 1 fully saturated rings. The lowest BCUT2D eigenvalue weighted by atomic mass is 9.89. The normalized spacial score (nSPS) is 24.4. The third kappa shape index (κ3) is 2.82. The fraction of sp³-hybridized carbons (Fsp3) is 0.462. The Hall–Kier alpha value is -1.42. The number of carbonyl (C=O) groups excluding carboxylic acids is 1. The SMILES string of the molecule is COC(=O)[C@@H]1CC[C@H](c2cccc(F)c2)CN1. The van der Waals surface area contributed by atoms with E-state index in [1.54, 1.807) is 12.1 Å². The maximum Gasteiger partial charge on any atom is 0.322 e. The van der Waals surface area contributed by atoms with Crippen LogP contribution in [0.15, 0.2) is 24.3 Å². The number of hydrogen-bond donors (Lipinski definition) is 1. The highest BCUT2D eigenvalue weighted by Gasteiger charge is 2.26. The molecule has 0 saturated carbocycles. The summed E-state index contributed by atoms with van der Waals surface area (Å²) < 4.78 is 17.8. The highest BCUT2D eigenvalue weighted by atomic mass is 19.1. The lowest BCUT2D eigenvalue weighted by molar-refractivity contribution is -0.143. The van der Waals surface area contributed by atoms with Crippen molar-refractivity contribution in [1.29, 1.82) is 0 Å². The van der Waals surface area contributed by atoms with Crippen LogP contribution in [0.3, 0.4) is 0 Å². The van der Waals surface area contributed by atoms with E-state index in [-0.39, 0.29) is 23.7 Å². The molecular formula is C13H16FNO2. The van der Waals surface area contributed by atoms with E-state index in [2.05, 4.69) is 10.1 Å². The molecule has 4 heteroatoms. The van der Waals surface area contributed by atoms with Crippen molar-refractivity contribution >= 4 is 5.97 Å². The van der Waals surface area contributed by atoms with Gasteiger partial charge in [-0.3, -0.25) is 4.79 Å². The average molecular weight is 237 g/mol. The molecule has 1 heterocycles. The highest BCUT2D eigenvalue weighted by molar-refractivity contribution is 5.75. The summed E-state index contributed by atoms with van der Waals surface area (Å²) in [7, 11) is 1.39. The molecular weight excluding hydrogens is 221 g/mol. The minimum absolute atomic E-state index is 0.211. The molecule has 0 spiro atoms. The summed E-state index contributed by atoms with van der Waals surface area (Å²) in [4.78, 5) is 11.3. The number of nitrogens with one attached hydrogen (secondary N) is 1. The van der Waals surface area contributed by atoms with Gasteiger partial charge in [-0.1, -0.05) is 12.1 Å². The Bertz CT molecular complexity index is 400. The van der Waals surface area contributed by atoms with Gasteiger partial charge < -0.3 is 10.1 Å². The molecule has 1 aromatic rings. The minimum atomic E-state index is -0.220. The van der Waals surface area contributed by atoms with Crippen LogP contribution in [0.1, 0.15) is 24.3 Å². The van der Waals surface area contributed by atoms with E-state index in [1.807, 2.05) is 6.07 Å². The van der Waals surface area contributed by atoms with Gasteiger partial charge in [0.1, 0.15) is 11.9 Å². The van der Waals surface area contributed by atoms with Gasteiger partial charge in [0.2, 0.25) is 0 Å². The van der Waals surface area contributed by atoms with E-state index >= 15 is 0 Å². The van der Waals surface area contributed by atoms with Gasteiger partial charge in [0.25, 0.3) is 0 Å². The van der Waals surface area contributed by atoms with Crippen LogP contribution in [0.4, 0.5) is 4.39 Å². The van der Waals surface area contributed by atoms with Crippen molar-refractivity contribution < 1.29 is 13.9 Å². The van der Waals surface area contributed by atoms with E-state index in [9.17, 15) is 9.18 Å². The van der Waals surface area contributed by atoms with Crippen molar-refractivity contribution in [3.05, 3.63) is 35.6 Å². The highest BCUT2D eigenvalue weighted by Crippen LogP contribution is 2.25. The smallest absolute Gasteiger partial charge is 0.322 e. The maximum absolute atomic E-state index is 13.1. The summed E-state index contributed by atoms with van der Waals surface area (Å²) in [5, 5.41) is 3.14. The molecule has 1 aromatic carbocycles. The Morgan fingerprint density at radius 2 is 2.29 bits per heavy atom. The average Bonchev–Trinajstić information content (AvgIpc) is 2.38. The largest absolute Gasteiger partial charge is 0.468 e. The van der Waals surface area contributed by atoms with Gasteiger partial charge in [-0.15, -0.1) is 0 Å². The van der Waals surface area contributed by atoms with Crippen molar-refractivity contribution in [3.63, 3.8) is 0 Å². The van der Waals surface area contributed by atoms with Crippen LogP contribution in [-0.2, 0) is 9.53 Å². The van der Waals surface area contributed by atoms with Gasteiger partial charge in [0.15, 0.2) is 0 Å². The fourth-order valence-electron chi connectivity index (χ4n) is 2.24. The lowest BCUT2D eigenvalue weighted by Crippen LogP contribution is -2.43. The second-order valence-corrected chi connectivity index (χ2v) is 4.31. The van der Waals surface area contributed by atoms with Crippen molar-refractivity contribution in [3.8, 4) is 0 Å². The van der Waals surface area contributed by atoms with Crippen molar-refractivity contribution in [2.45, 2.75) is 24.8 Å². The zero-order valence-electron chi connectivity index (χ0n) is 9.78. The molecule has 3 nitrogen and oxygen atoms in total. The molecule has 0 aromatic heterocycles. The molecule has 0 unspecified atom stereocenters. The zero-order chi connectivity index (χ0) is 12.3. The van der Waals surface area contributed by atoms with Crippen LogP contribution in [0, 0.1) is 5.82 Å². The van der Waals surface area contributed by atoms with E-state index < -0.39 is 0 Å². The summed E-state index contributed by atoms with van der Waals surface area (Å²) in [6, 6.07) is 6.43. The molecule has 2 atom stereocenters. The van der Waals surface area contributed by atoms with Crippen LogP contribution in [-0.4, -0.2) is 25.7 Å². The Labute approximate surface area is 100.0 Å². The number of rotatable bonds is 2. The van der Waals surface area contributed by atoms with Crippen LogP contribution < -0.4 is 5.32 Å². The molecule has 17 heavy (non-hydrogen) atoms. The molecule has 1 saturated heterocycles. The number of esters is 1. The fourth-order valence-corrected chi connectivity index (χ4v) is 2.24. The van der Waals surface area contributed by atoms with E-state index in [4.69, 9.17) is 0 Å². The molecule has 0 radical (unpaired) electrons. The molecule has 2 rings (SSSR count). The Morgan fingerprint density at radius 3 is 2.88 bits per heavy atom. The molecule has 92 valence electrons. The first-order chi connectivity index (χ1) is 8.20. The maximum atomic E-state index is 13.1. The van der Waals surface area contributed by atoms with Crippen molar-refractivity contribution in [1.82, 2.24) is 5.32 Å². The number of piperidine rings is 1. The van der Waals surface area contributed by atoms with E-state index in [1.165, 1.54) is 13.2 Å². The topological polar surface area (TPSA) is 38.3 Å². The number of benzene rings is 1. The first-order valence-electron chi connectivity index (χ1n) is 5.77. The molecule has 1 aliphatic heterocycles. The Morgan fingerprint density at radius 1 is 1.47 bits per heavy atom. The molecule has 0 aliphatic carbocycles. The zero-order valence-corrected chi connectivity index (χ0v) is 9.78. The van der Waals surface area contributed by atoms with E-state index in [0.717, 1.165) is 18.4 Å².